The number of fused-ring (bicyclic) bond motifs is 2. The molecule has 0 aromatic heterocycles. The maximum Gasteiger partial charge on any atom is 0.0464 e. The second-order valence-electron chi connectivity index (χ2n) is 28.9. The summed E-state index contributed by atoms with van der Waals surface area (Å²) in [6, 6.07) is 110. The summed E-state index contributed by atoms with van der Waals surface area (Å²) in [5.41, 5.74) is 34.6. The highest BCUT2D eigenvalue weighted by Gasteiger charge is 2.25. The average Bonchev–Trinajstić information content (AvgIpc) is 0.735. The smallest absolute Gasteiger partial charge is 0.0464 e. The molecule has 2 nitrogen and oxygen atoms in total. The third-order valence-electron chi connectivity index (χ3n) is 21.9. The highest BCUT2D eigenvalue weighted by atomic mass is 15.1. The summed E-state index contributed by atoms with van der Waals surface area (Å²) in [4.78, 5) is 4.86. The lowest BCUT2D eigenvalue weighted by Crippen LogP contribution is -2.14. The standard InChI is InChI=1S/C98H92N2/c1-13-69-61-87(57-59-89(69)75-29-25-65(5)26-30-75)99(83-49-37-73(38-50-83)71-33-45-81(46-34-71)97(9,10)15-3)85-53-41-77(42-54-85)93-63-79-21-17-19-23-91(79)95(67(93)7)96-68(8)94(64-80-22-18-20-24-92(80)96)78-43-55-86(56-44-78)100(88-58-60-90(70(14-2)62-88)76-31-27-66(6)28-32-76)84-51-39-74(40-52-84)72-35-47-82(48-36-72)98(11,12)16-4/h17-64H,13-16H2,1-12H3. The van der Waals surface area contributed by atoms with Gasteiger partial charge in [-0.1, -0.05) is 273 Å². The van der Waals surface area contributed by atoms with Gasteiger partial charge in [-0.2, -0.15) is 0 Å². The molecule has 0 fully saturated rings. The van der Waals surface area contributed by atoms with E-state index in [2.05, 4.69) is 384 Å². The Balaban J connectivity index is 0.844. The number of rotatable bonds is 19. The van der Waals surface area contributed by atoms with Gasteiger partial charge in [0.05, 0.1) is 0 Å². The summed E-state index contributed by atoms with van der Waals surface area (Å²) in [7, 11) is 0. The number of hydrogen-bond acceptors (Lipinski definition) is 2. The number of anilines is 6. The predicted molar refractivity (Wildman–Crippen MR) is 433 cm³/mol. The van der Waals surface area contributed by atoms with Crippen LogP contribution in [-0.2, 0) is 23.7 Å². The average molecular weight is 1300 g/mol. The maximum atomic E-state index is 2.43. The molecule has 0 saturated heterocycles. The number of aryl methyl sites for hydroxylation is 4. The van der Waals surface area contributed by atoms with Gasteiger partial charge < -0.3 is 9.80 Å². The van der Waals surface area contributed by atoms with E-state index >= 15 is 0 Å². The first kappa shape index (κ1) is 66.4. The van der Waals surface area contributed by atoms with Crippen molar-refractivity contribution in [1.82, 2.24) is 0 Å². The fourth-order valence-corrected chi connectivity index (χ4v) is 14.9. The first-order valence-electron chi connectivity index (χ1n) is 36.2. The van der Waals surface area contributed by atoms with Crippen molar-refractivity contribution in [2.24, 2.45) is 0 Å². The second-order valence-corrected chi connectivity index (χ2v) is 28.9. The molecule has 0 N–H and O–H groups in total. The molecule has 0 aliphatic heterocycles. The molecular weight excluding hydrogens is 1210 g/mol. The van der Waals surface area contributed by atoms with Crippen LogP contribution in [0, 0.1) is 27.7 Å². The van der Waals surface area contributed by atoms with Crippen LogP contribution in [0.2, 0.25) is 0 Å². The molecule has 0 atom stereocenters. The van der Waals surface area contributed by atoms with Crippen molar-refractivity contribution in [3.8, 4) is 77.9 Å². The van der Waals surface area contributed by atoms with E-state index in [1.807, 2.05) is 0 Å². The molecule has 0 heterocycles. The van der Waals surface area contributed by atoms with Gasteiger partial charge in [0.1, 0.15) is 0 Å². The van der Waals surface area contributed by atoms with Gasteiger partial charge >= 0.3 is 0 Å². The van der Waals surface area contributed by atoms with Crippen LogP contribution in [0.1, 0.15) is 113 Å². The first-order chi connectivity index (χ1) is 48.5. The Morgan fingerprint density at radius 2 is 0.530 bits per heavy atom. The summed E-state index contributed by atoms with van der Waals surface area (Å²) in [6.45, 7) is 27.4. The van der Waals surface area contributed by atoms with E-state index in [1.54, 1.807) is 0 Å². The lowest BCUT2D eigenvalue weighted by molar-refractivity contribution is 0.506. The van der Waals surface area contributed by atoms with Crippen molar-refractivity contribution >= 4 is 55.7 Å². The van der Waals surface area contributed by atoms with Crippen molar-refractivity contribution in [3.05, 3.63) is 336 Å². The van der Waals surface area contributed by atoms with Gasteiger partial charge in [0.15, 0.2) is 0 Å². The lowest BCUT2D eigenvalue weighted by atomic mass is 9.82. The Kier molecular flexibility index (Phi) is 18.5. The number of nitrogens with zero attached hydrogens (tertiary/aromatic N) is 2. The Bertz CT molecular complexity index is 4910. The molecule has 0 unspecified atom stereocenters. The lowest BCUT2D eigenvalue weighted by Gasteiger charge is -2.27. The second kappa shape index (κ2) is 27.8. The monoisotopic (exact) mass is 1300 g/mol. The maximum absolute atomic E-state index is 2.43. The van der Waals surface area contributed by atoms with Crippen LogP contribution >= 0.6 is 0 Å². The van der Waals surface area contributed by atoms with Crippen LogP contribution in [0.15, 0.2) is 291 Å². The van der Waals surface area contributed by atoms with Crippen molar-refractivity contribution in [2.45, 2.75) is 120 Å². The van der Waals surface area contributed by atoms with E-state index in [0.29, 0.717) is 0 Å². The van der Waals surface area contributed by atoms with Crippen molar-refractivity contribution < 1.29 is 0 Å². The highest BCUT2D eigenvalue weighted by molar-refractivity contribution is 6.12. The molecule has 0 spiro atoms. The van der Waals surface area contributed by atoms with Gasteiger partial charge in [-0.3, -0.25) is 0 Å². The van der Waals surface area contributed by atoms with E-state index in [1.165, 1.54) is 144 Å². The minimum absolute atomic E-state index is 0.133. The van der Waals surface area contributed by atoms with E-state index in [-0.39, 0.29) is 10.8 Å². The predicted octanol–water partition coefficient (Wildman–Crippen LogP) is 28.3. The van der Waals surface area contributed by atoms with Gasteiger partial charge in [-0.25, -0.2) is 0 Å². The molecule has 2 heteroatoms. The van der Waals surface area contributed by atoms with E-state index in [4.69, 9.17) is 0 Å². The van der Waals surface area contributed by atoms with Crippen molar-refractivity contribution in [2.75, 3.05) is 9.80 Å². The normalized spacial score (nSPS) is 11.8. The van der Waals surface area contributed by atoms with Gasteiger partial charge in [-0.05, 0) is 282 Å². The number of benzene rings is 14. The molecular formula is C98H92N2. The largest absolute Gasteiger partial charge is 0.310 e. The number of hydrogen-bond donors (Lipinski definition) is 0. The summed E-state index contributed by atoms with van der Waals surface area (Å²) in [6.07, 6.45) is 4.01. The zero-order valence-electron chi connectivity index (χ0n) is 60.4. The molecule has 0 amide bonds. The quantitative estimate of drug-likeness (QED) is 0.0796. The minimum atomic E-state index is 0.133. The topological polar surface area (TPSA) is 6.48 Å². The third-order valence-corrected chi connectivity index (χ3v) is 21.9. The Morgan fingerprint density at radius 3 is 0.840 bits per heavy atom. The fraction of sp³-hybridized carbons (Fsp3) is 0.184. The SMILES string of the molecule is CCc1cc(N(c2ccc(-c3ccc(C(C)(C)CC)cc3)cc2)c2ccc(-c3cc4ccccc4c(-c4c(C)c(-c5ccc(N(c6ccc(-c7ccc(C(C)(C)CC)cc7)cc6)c6ccc(-c7ccc(C)cc7)c(CC)c6)cc5)cc5ccccc45)c3C)cc2)ccc1-c1ccc(C)cc1. The summed E-state index contributed by atoms with van der Waals surface area (Å²) in [5.74, 6) is 0. The molecule has 0 bridgehead atoms. The Hall–Kier alpha value is -10.8. The van der Waals surface area contributed by atoms with Crippen LogP contribution in [0.4, 0.5) is 34.1 Å². The molecule has 14 rings (SSSR count). The van der Waals surface area contributed by atoms with Crippen LogP contribution in [-0.4, -0.2) is 0 Å². The fourth-order valence-electron chi connectivity index (χ4n) is 14.9. The summed E-state index contributed by atoms with van der Waals surface area (Å²) >= 11 is 0. The molecule has 14 aromatic carbocycles. The molecule has 494 valence electrons. The molecule has 0 aliphatic rings. The minimum Gasteiger partial charge on any atom is -0.310 e. The first-order valence-corrected chi connectivity index (χ1v) is 36.2. The van der Waals surface area contributed by atoms with Crippen LogP contribution in [0.3, 0.4) is 0 Å². The zero-order valence-corrected chi connectivity index (χ0v) is 60.4. The Morgan fingerprint density at radius 1 is 0.260 bits per heavy atom. The van der Waals surface area contributed by atoms with Gasteiger partial charge in [0.25, 0.3) is 0 Å². The van der Waals surface area contributed by atoms with E-state index in [9.17, 15) is 0 Å². The van der Waals surface area contributed by atoms with Crippen LogP contribution in [0.25, 0.3) is 99.4 Å². The van der Waals surface area contributed by atoms with Crippen LogP contribution in [0.5, 0.6) is 0 Å². The van der Waals surface area contributed by atoms with E-state index < -0.39 is 0 Å². The van der Waals surface area contributed by atoms with Gasteiger partial charge in [0.2, 0.25) is 0 Å². The van der Waals surface area contributed by atoms with E-state index in [0.717, 1.165) is 59.8 Å². The zero-order chi connectivity index (χ0) is 69.4. The third kappa shape index (κ3) is 13.0. The molecule has 0 radical (unpaired) electrons. The summed E-state index contributed by atoms with van der Waals surface area (Å²) < 4.78 is 0. The molecule has 14 aromatic rings. The molecule has 100 heavy (non-hydrogen) atoms. The summed E-state index contributed by atoms with van der Waals surface area (Å²) in [5, 5.41) is 4.92. The molecule has 0 saturated carbocycles. The van der Waals surface area contributed by atoms with Crippen molar-refractivity contribution in [3.63, 3.8) is 0 Å². The van der Waals surface area contributed by atoms with Gasteiger partial charge in [-0.15, -0.1) is 0 Å². The Labute approximate surface area is 595 Å². The van der Waals surface area contributed by atoms with Crippen molar-refractivity contribution in [1.29, 1.82) is 0 Å². The molecule has 0 aliphatic carbocycles. The highest BCUT2D eigenvalue weighted by Crippen LogP contribution is 2.48. The van der Waals surface area contributed by atoms with Gasteiger partial charge in [0, 0.05) is 34.1 Å². The van der Waals surface area contributed by atoms with Crippen LogP contribution < -0.4 is 9.80 Å².